The number of nitrogens with one attached hydrogen (secondary N) is 1. The molecule has 4 heteroatoms. The van der Waals surface area contributed by atoms with Crippen LogP contribution in [0.3, 0.4) is 0 Å². The van der Waals surface area contributed by atoms with Gasteiger partial charge in [-0.25, -0.2) is 4.39 Å². The van der Waals surface area contributed by atoms with Crippen LogP contribution in [-0.4, -0.2) is 18.9 Å². The predicted octanol–water partition coefficient (Wildman–Crippen LogP) is 3.16. The van der Waals surface area contributed by atoms with E-state index in [4.69, 9.17) is 0 Å². The van der Waals surface area contributed by atoms with Crippen molar-refractivity contribution in [3.8, 4) is 0 Å². The molecule has 2 nitrogen and oxygen atoms in total. The van der Waals surface area contributed by atoms with E-state index >= 15 is 0 Å². The van der Waals surface area contributed by atoms with E-state index in [1.165, 1.54) is 6.07 Å². The first-order valence-electron chi connectivity index (χ1n) is 5.73. The number of benzene rings is 1. The smallest absolute Gasteiger partial charge is 0.171 e. The lowest BCUT2D eigenvalue weighted by Crippen LogP contribution is -2.40. The van der Waals surface area contributed by atoms with Gasteiger partial charge in [-0.1, -0.05) is 22.9 Å². The van der Waals surface area contributed by atoms with E-state index in [1.54, 1.807) is 12.1 Å². The maximum Gasteiger partial charge on any atom is 0.171 e. The number of hydrogen-bond donors (Lipinski definition) is 1. The molecule has 17 heavy (non-hydrogen) atoms. The number of carbonyl (C=O) groups excluding carboxylic acids is 1. The van der Waals surface area contributed by atoms with Crippen molar-refractivity contribution in [2.75, 3.05) is 13.1 Å². The van der Waals surface area contributed by atoms with E-state index in [0.29, 0.717) is 0 Å². The molecule has 1 aliphatic rings. The second-order valence-corrected chi connectivity index (χ2v) is 5.68. The molecule has 1 aromatic rings. The van der Waals surface area contributed by atoms with Gasteiger partial charge in [0.25, 0.3) is 0 Å². The van der Waals surface area contributed by atoms with Crippen LogP contribution in [-0.2, 0) is 0 Å². The molecule has 1 fully saturated rings. The maximum absolute atomic E-state index is 13.7. The highest BCUT2D eigenvalue weighted by Crippen LogP contribution is 2.33. The molecule has 0 amide bonds. The molecule has 0 atom stereocenters. The summed E-state index contributed by atoms with van der Waals surface area (Å²) in [5, 5.41) is 3.22. The molecular formula is C13H15BrFNO. The van der Waals surface area contributed by atoms with Gasteiger partial charge in [-0.05, 0) is 44.1 Å². The van der Waals surface area contributed by atoms with Crippen LogP contribution in [0.4, 0.5) is 4.39 Å². The minimum absolute atomic E-state index is 0.0854. The highest BCUT2D eigenvalue weighted by molar-refractivity contribution is 9.10. The Bertz CT molecular complexity index is 441. The van der Waals surface area contributed by atoms with Crippen molar-refractivity contribution < 1.29 is 9.18 Å². The van der Waals surface area contributed by atoms with Crippen LogP contribution < -0.4 is 5.32 Å². The lowest BCUT2D eigenvalue weighted by atomic mass is 9.75. The van der Waals surface area contributed by atoms with Crippen LogP contribution in [0, 0.1) is 11.2 Å². The molecule has 0 radical (unpaired) electrons. The quantitative estimate of drug-likeness (QED) is 0.850. The van der Waals surface area contributed by atoms with Crippen molar-refractivity contribution in [2.24, 2.45) is 5.41 Å². The van der Waals surface area contributed by atoms with Gasteiger partial charge >= 0.3 is 0 Å². The molecule has 0 aromatic heterocycles. The Hall–Kier alpha value is -0.740. The molecule has 1 aliphatic heterocycles. The molecule has 1 N–H and O–H groups in total. The van der Waals surface area contributed by atoms with E-state index in [-0.39, 0.29) is 11.3 Å². The molecule has 1 aromatic carbocycles. The Morgan fingerprint density at radius 1 is 1.41 bits per heavy atom. The van der Waals surface area contributed by atoms with Gasteiger partial charge in [0.15, 0.2) is 5.78 Å². The average molecular weight is 300 g/mol. The van der Waals surface area contributed by atoms with Gasteiger partial charge in [0.1, 0.15) is 5.82 Å². The summed E-state index contributed by atoms with van der Waals surface area (Å²) < 4.78 is 14.4. The second kappa shape index (κ2) is 4.86. The van der Waals surface area contributed by atoms with Gasteiger partial charge in [0.05, 0.1) is 5.56 Å². The first kappa shape index (κ1) is 12.7. The molecule has 1 heterocycles. The first-order chi connectivity index (χ1) is 8.03. The average Bonchev–Trinajstić information content (AvgIpc) is 2.32. The summed E-state index contributed by atoms with van der Waals surface area (Å²) in [6, 6.07) is 4.52. The zero-order chi connectivity index (χ0) is 12.5. The van der Waals surface area contributed by atoms with Crippen molar-refractivity contribution in [1.29, 1.82) is 0 Å². The van der Waals surface area contributed by atoms with Crippen molar-refractivity contribution >= 4 is 21.7 Å². The number of carbonyl (C=O) groups is 1. The summed E-state index contributed by atoms with van der Waals surface area (Å²) in [7, 11) is 0. The minimum Gasteiger partial charge on any atom is -0.317 e. The highest BCUT2D eigenvalue weighted by Gasteiger charge is 2.36. The fourth-order valence-electron chi connectivity index (χ4n) is 2.20. The van der Waals surface area contributed by atoms with Gasteiger partial charge in [0, 0.05) is 9.89 Å². The van der Waals surface area contributed by atoms with Crippen LogP contribution in [0.25, 0.3) is 0 Å². The fourth-order valence-corrected chi connectivity index (χ4v) is 2.56. The summed E-state index contributed by atoms with van der Waals surface area (Å²) in [5.41, 5.74) is -0.240. The van der Waals surface area contributed by atoms with Crippen molar-refractivity contribution in [1.82, 2.24) is 5.32 Å². The van der Waals surface area contributed by atoms with Gasteiger partial charge in [-0.3, -0.25) is 4.79 Å². The predicted molar refractivity (Wildman–Crippen MR) is 68.6 cm³/mol. The van der Waals surface area contributed by atoms with Crippen LogP contribution in [0.15, 0.2) is 22.7 Å². The number of hydrogen-bond acceptors (Lipinski definition) is 2. The van der Waals surface area contributed by atoms with Crippen molar-refractivity contribution in [3.05, 3.63) is 34.1 Å². The lowest BCUT2D eigenvalue weighted by Gasteiger charge is -2.32. The van der Waals surface area contributed by atoms with Gasteiger partial charge in [0.2, 0.25) is 0 Å². The number of halogens is 2. The minimum atomic E-state index is -0.438. The number of Topliss-reactive ketones (excluding diaryl/α,β-unsaturated/α-hetero) is 1. The molecular weight excluding hydrogens is 285 g/mol. The third-order valence-corrected chi connectivity index (χ3v) is 3.92. The summed E-state index contributed by atoms with van der Waals surface area (Å²) >= 11 is 3.28. The van der Waals surface area contributed by atoms with E-state index < -0.39 is 11.2 Å². The number of rotatable bonds is 2. The van der Waals surface area contributed by atoms with E-state index in [9.17, 15) is 9.18 Å². The Morgan fingerprint density at radius 2 is 2.06 bits per heavy atom. The topological polar surface area (TPSA) is 29.1 Å². The Morgan fingerprint density at radius 3 is 2.71 bits per heavy atom. The standard InChI is InChI=1S/C13H15BrFNO/c1-13(4-6-16-7-5-13)12(17)10-8-9(14)2-3-11(10)15/h2-3,8,16H,4-7H2,1H3. The van der Waals surface area contributed by atoms with E-state index in [0.717, 1.165) is 30.4 Å². The number of piperidine rings is 1. The Kier molecular flexibility index (Phi) is 3.64. The van der Waals surface area contributed by atoms with Crippen LogP contribution in [0.2, 0.25) is 0 Å². The third-order valence-electron chi connectivity index (χ3n) is 3.43. The van der Waals surface area contributed by atoms with Crippen LogP contribution >= 0.6 is 15.9 Å². The van der Waals surface area contributed by atoms with Crippen molar-refractivity contribution in [3.63, 3.8) is 0 Å². The maximum atomic E-state index is 13.7. The first-order valence-corrected chi connectivity index (χ1v) is 6.53. The van der Waals surface area contributed by atoms with Gasteiger partial charge in [-0.2, -0.15) is 0 Å². The number of ketones is 1. The highest BCUT2D eigenvalue weighted by atomic mass is 79.9. The van der Waals surface area contributed by atoms with Crippen LogP contribution in [0.5, 0.6) is 0 Å². The molecule has 0 aliphatic carbocycles. The normalized spacial score (nSPS) is 19.0. The summed E-state index contributed by atoms with van der Waals surface area (Å²) in [6.45, 7) is 3.56. The fraction of sp³-hybridized carbons (Fsp3) is 0.462. The van der Waals surface area contributed by atoms with Crippen molar-refractivity contribution in [2.45, 2.75) is 19.8 Å². The Balaban J connectivity index is 2.32. The SMILES string of the molecule is CC1(C(=O)c2cc(Br)ccc2F)CCNCC1. The molecule has 92 valence electrons. The molecule has 0 spiro atoms. The molecule has 0 bridgehead atoms. The van der Waals surface area contributed by atoms with Gasteiger partial charge in [-0.15, -0.1) is 0 Å². The zero-order valence-electron chi connectivity index (χ0n) is 9.72. The molecule has 2 rings (SSSR count). The largest absolute Gasteiger partial charge is 0.317 e. The summed E-state index contributed by atoms with van der Waals surface area (Å²) in [6.07, 6.45) is 1.52. The lowest BCUT2D eigenvalue weighted by molar-refractivity contribution is 0.0758. The van der Waals surface area contributed by atoms with Gasteiger partial charge < -0.3 is 5.32 Å². The second-order valence-electron chi connectivity index (χ2n) is 4.76. The summed E-state index contributed by atoms with van der Waals surface area (Å²) in [5.74, 6) is -0.518. The monoisotopic (exact) mass is 299 g/mol. The third kappa shape index (κ3) is 2.58. The summed E-state index contributed by atoms with van der Waals surface area (Å²) in [4.78, 5) is 12.4. The Labute approximate surface area is 109 Å². The zero-order valence-corrected chi connectivity index (χ0v) is 11.3. The molecule has 0 saturated carbocycles. The molecule has 0 unspecified atom stereocenters. The molecule has 1 saturated heterocycles. The van der Waals surface area contributed by atoms with E-state index in [1.807, 2.05) is 6.92 Å². The van der Waals surface area contributed by atoms with Crippen LogP contribution in [0.1, 0.15) is 30.1 Å². The van der Waals surface area contributed by atoms with E-state index in [2.05, 4.69) is 21.2 Å².